The summed E-state index contributed by atoms with van der Waals surface area (Å²) in [6, 6.07) is 9.86. The molecule has 0 saturated carbocycles. The quantitative estimate of drug-likeness (QED) is 0.738. The van der Waals surface area contributed by atoms with Crippen LogP contribution in [-0.4, -0.2) is 28.8 Å². The van der Waals surface area contributed by atoms with Crippen molar-refractivity contribution in [3.05, 3.63) is 48.0 Å². The van der Waals surface area contributed by atoms with E-state index in [2.05, 4.69) is 20.6 Å². The maximum absolute atomic E-state index is 5.45. The molecule has 0 saturated heterocycles. The van der Waals surface area contributed by atoms with Crippen LogP contribution in [0, 0.1) is 6.92 Å². The van der Waals surface area contributed by atoms with Crippen molar-refractivity contribution in [3.63, 3.8) is 0 Å². The summed E-state index contributed by atoms with van der Waals surface area (Å²) < 4.78 is 12.9. The predicted octanol–water partition coefficient (Wildman–Crippen LogP) is 2.81. The third-order valence-corrected chi connectivity index (χ3v) is 3.52. The highest BCUT2D eigenvalue weighted by Crippen LogP contribution is 2.30. The molecule has 0 unspecified atom stereocenters. The number of hydrogen-bond acceptors (Lipinski definition) is 4. The molecule has 0 aliphatic rings. The molecule has 5 nitrogen and oxygen atoms in total. The van der Waals surface area contributed by atoms with E-state index >= 15 is 0 Å². The van der Waals surface area contributed by atoms with Crippen LogP contribution in [0.15, 0.2) is 36.5 Å². The minimum absolute atomic E-state index is 0.590. The molecule has 108 valence electrons. The Morgan fingerprint density at radius 1 is 1.10 bits per heavy atom. The highest BCUT2D eigenvalue weighted by atomic mass is 16.5. The Hall–Kier alpha value is -2.56. The van der Waals surface area contributed by atoms with Gasteiger partial charge in [0, 0.05) is 12.3 Å². The number of hydrogen-bond donors (Lipinski definition) is 0. The average Bonchev–Trinajstić information content (AvgIpc) is 2.83. The van der Waals surface area contributed by atoms with Gasteiger partial charge < -0.3 is 14.0 Å². The molecule has 0 radical (unpaired) electrons. The lowest BCUT2D eigenvalue weighted by Gasteiger charge is -2.13. The van der Waals surface area contributed by atoms with E-state index in [9.17, 15) is 0 Å². The van der Waals surface area contributed by atoms with Gasteiger partial charge in [0.1, 0.15) is 11.5 Å². The summed E-state index contributed by atoms with van der Waals surface area (Å²) in [5, 5.41) is 0. The summed E-state index contributed by atoms with van der Waals surface area (Å²) in [4.78, 5) is 9.00. The Labute approximate surface area is 123 Å². The van der Waals surface area contributed by atoms with Gasteiger partial charge in [0.05, 0.1) is 31.8 Å². The van der Waals surface area contributed by atoms with Crippen LogP contribution in [0.2, 0.25) is 0 Å². The summed E-state index contributed by atoms with van der Waals surface area (Å²) in [6.45, 7) is 2.58. The molecule has 0 N–H and O–H groups in total. The zero-order valence-corrected chi connectivity index (χ0v) is 12.3. The lowest BCUT2D eigenvalue weighted by molar-refractivity contribution is 0.348. The van der Waals surface area contributed by atoms with E-state index in [4.69, 9.17) is 9.47 Å². The number of rotatable bonds is 4. The number of aromatic nitrogens is 3. The summed E-state index contributed by atoms with van der Waals surface area (Å²) in [5.41, 5.74) is 2.89. The fourth-order valence-electron chi connectivity index (χ4n) is 2.51. The van der Waals surface area contributed by atoms with E-state index in [1.54, 1.807) is 26.5 Å². The van der Waals surface area contributed by atoms with Crippen molar-refractivity contribution in [2.45, 2.75) is 13.5 Å². The summed E-state index contributed by atoms with van der Waals surface area (Å²) in [6.07, 6.45) is 1.73. The topological polar surface area (TPSA) is 49.2 Å². The van der Waals surface area contributed by atoms with Crippen molar-refractivity contribution in [1.29, 1.82) is 0 Å². The van der Waals surface area contributed by atoms with Crippen LogP contribution >= 0.6 is 0 Å². The van der Waals surface area contributed by atoms with Crippen molar-refractivity contribution in [2.75, 3.05) is 14.2 Å². The summed E-state index contributed by atoms with van der Waals surface area (Å²) in [7, 11) is 3.25. The number of ether oxygens (including phenoxy) is 2. The van der Waals surface area contributed by atoms with E-state index < -0.39 is 0 Å². The number of aryl methyl sites for hydroxylation is 1. The fourth-order valence-corrected chi connectivity index (χ4v) is 2.51. The van der Waals surface area contributed by atoms with Crippen LogP contribution in [-0.2, 0) is 6.54 Å². The van der Waals surface area contributed by atoms with E-state index in [1.165, 1.54) is 0 Å². The number of benzene rings is 1. The van der Waals surface area contributed by atoms with Gasteiger partial charge in [-0.1, -0.05) is 12.1 Å². The minimum Gasteiger partial charge on any atom is -0.493 e. The normalized spacial score (nSPS) is 10.8. The molecule has 0 atom stereocenters. The Kier molecular flexibility index (Phi) is 3.48. The summed E-state index contributed by atoms with van der Waals surface area (Å²) in [5.74, 6) is 2.30. The molecule has 0 bridgehead atoms. The highest BCUT2D eigenvalue weighted by Gasteiger charge is 2.14. The van der Waals surface area contributed by atoms with Crippen molar-refractivity contribution in [2.24, 2.45) is 0 Å². The van der Waals surface area contributed by atoms with Gasteiger partial charge in [-0.15, -0.1) is 0 Å². The zero-order chi connectivity index (χ0) is 14.8. The van der Waals surface area contributed by atoms with Crippen LogP contribution in [0.4, 0.5) is 0 Å². The molecule has 5 heteroatoms. The van der Waals surface area contributed by atoms with E-state index in [0.29, 0.717) is 18.0 Å². The molecule has 3 aromatic rings. The van der Waals surface area contributed by atoms with Gasteiger partial charge in [0.25, 0.3) is 0 Å². The van der Waals surface area contributed by atoms with Gasteiger partial charge >= 0.3 is 0 Å². The van der Waals surface area contributed by atoms with Crippen LogP contribution in [0.25, 0.3) is 11.0 Å². The smallest absolute Gasteiger partial charge is 0.184 e. The first-order valence-corrected chi connectivity index (χ1v) is 6.72. The molecule has 1 aromatic carbocycles. The molecule has 2 heterocycles. The predicted molar refractivity (Wildman–Crippen MR) is 80.9 cm³/mol. The van der Waals surface area contributed by atoms with E-state index in [0.717, 1.165) is 22.6 Å². The molecule has 0 aliphatic carbocycles. The Bertz CT molecular complexity index is 780. The van der Waals surface area contributed by atoms with Crippen LogP contribution in [0.5, 0.6) is 11.5 Å². The average molecular weight is 283 g/mol. The minimum atomic E-state index is 0.590. The second-order valence-corrected chi connectivity index (χ2v) is 4.73. The third kappa shape index (κ3) is 2.31. The second-order valence-electron chi connectivity index (χ2n) is 4.73. The molecular weight excluding hydrogens is 266 g/mol. The molecule has 21 heavy (non-hydrogen) atoms. The zero-order valence-electron chi connectivity index (χ0n) is 12.3. The molecule has 0 amide bonds. The number of fused-ring (bicyclic) bond motifs is 1. The third-order valence-electron chi connectivity index (χ3n) is 3.52. The first kappa shape index (κ1) is 13.4. The first-order valence-electron chi connectivity index (χ1n) is 6.72. The standard InChI is InChI=1S/C16H17N3O2/c1-11-18-12-6-4-5-7-14(12)19(11)10-13-16(21-3)15(20-2)8-9-17-13/h4-9H,10H2,1-3H3. The Morgan fingerprint density at radius 2 is 1.90 bits per heavy atom. The van der Waals surface area contributed by atoms with Crippen LogP contribution < -0.4 is 9.47 Å². The van der Waals surface area contributed by atoms with Gasteiger partial charge in [0.15, 0.2) is 11.5 Å². The summed E-state index contributed by atoms with van der Waals surface area (Å²) >= 11 is 0. The number of nitrogens with zero attached hydrogens (tertiary/aromatic N) is 3. The lowest BCUT2D eigenvalue weighted by Crippen LogP contribution is -2.06. The molecule has 0 aliphatic heterocycles. The van der Waals surface area contributed by atoms with Crippen LogP contribution in [0.3, 0.4) is 0 Å². The molecule has 0 fully saturated rings. The highest BCUT2D eigenvalue weighted by molar-refractivity contribution is 5.76. The van der Waals surface area contributed by atoms with Gasteiger partial charge in [-0.2, -0.15) is 0 Å². The number of imidazole rings is 1. The number of methoxy groups -OCH3 is 2. The van der Waals surface area contributed by atoms with Gasteiger partial charge in [-0.25, -0.2) is 4.98 Å². The molecule has 2 aromatic heterocycles. The number of pyridine rings is 1. The van der Waals surface area contributed by atoms with Crippen molar-refractivity contribution < 1.29 is 9.47 Å². The lowest BCUT2D eigenvalue weighted by atomic mass is 10.2. The number of para-hydroxylation sites is 2. The molecular formula is C16H17N3O2. The van der Waals surface area contributed by atoms with Gasteiger partial charge in [-0.05, 0) is 19.1 Å². The molecule has 3 rings (SSSR count). The van der Waals surface area contributed by atoms with Crippen LogP contribution in [0.1, 0.15) is 11.5 Å². The molecule has 0 spiro atoms. The van der Waals surface area contributed by atoms with E-state index in [-0.39, 0.29) is 0 Å². The van der Waals surface area contributed by atoms with Crippen molar-refractivity contribution in [1.82, 2.24) is 14.5 Å². The Balaban J connectivity index is 2.09. The maximum atomic E-state index is 5.45. The van der Waals surface area contributed by atoms with E-state index in [1.807, 2.05) is 25.1 Å². The van der Waals surface area contributed by atoms with Gasteiger partial charge in [-0.3, -0.25) is 4.98 Å². The largest absolute Gasteiger partial charge is 0.493 e. The fraction of sp³-hybridized carbons (Fsp3) is 0.250. The first-order chi connectivity index (χ1) is 10.2. The Morgan fingerprint density at radius 3 is 2.67 bits per heavy atom. The van der Waals surface area contributed by atoms with Crippen molar-refractivity contribution in [3.8, 4) is 11.5 Å². The second kappa shape index (κ2) is 5.44. The maximum Gasteiger partial charge on any atom is 0.184 e. The monoisotopic (exact) mass is 283 g/mol. The van der Waals surface area contributed by atoms with Gasteiger partial charge in [0.2, 0.25) is 0 Å². The van der Waals surface area contributed by atoms with Crippen molar-refractivity contribution >= 4 is 11.0 Å². The SMILES string of the molecule is COc1ccnc(Cn2c(C)nc3ccccc32)c1OC.